The lowest BCUT2D eigenvalue weighted by molar-refractivity contribution is 0.0960. The van der Waals surface area contributed by atoms with Crippen LogP contribution < -0.4 is 0 Å². The van der Waals surface area contributed by atoms with E-state index in [0.717, 1.165) is 0 Å². The zero-order valence-electron chi connectivity index (χ0n) is 7.65. The van der Waals surface area contributed by atoms with Crippen molar-refractivity contribution >= 4 is 29.1 Å². The SMILES string of the molecule is O=C(c1c(Cl)cccc1Cl)n1cccc1. The molecular formula is C11H7Cl2NO. The van der Waals surface area contributed by atoms with Crippen molar-refractivity contribution < 1.29 is 4.79 Å². The third kappa shape index (κ3) is 1.91. The Kier molecular flexibility index (Phi) is 2.80. The number of carbonyl (C=O) groups is 1. The largest absolute Gasteiger partial charge is 0.291 e. The number of hydrogen-bond acceptors (Lipinski definition) is 1. The number of nitrogens with zero attached hydrogens (tertiary/aromatic N) is 1. The van der Waals surface area contributed by atoms with E-state index in [0.29, 0.717) is 15.6 Å². The van der Waals surface area contributed by atoms with E-state index in [9.17, 15) is 4.79 Å². The summed E-state index contributed by atoms with van der Waals surface area (Å²) in [6.07, 6.45) is 3.31. The number of aromatic nitrogens is 1. The number of benzene rings is 1. The van der Waals surface area contributed by atoms with Gasteiger partial charge < -0.3 is 0 Å². The van der Waals surface area contributed by atoms with E-state index in [2.05, 4.69) is 0 Å². The molecule has 76 valence electrons. The highest BCUT2D eigenvalue weighted by Crippen LogP contribution is 2.25. The van der Waals surface area contributed by atoms with Crippen molar-refractivity contribution in [1.82, 2.24) is 4.57 Å². The molecule has 2 aromatic rings. The van der Waals surface area contributed by atoms with Crippen molar-refractivity contribution in [2.24, 2.45) is 0 Å². The molecule has 1 heterocycles. The van der Waals surface area contributed by atoms with E-state index >= 15 is 0 Å². The summed E-state index contributed by atoms with van der Waals surface area (Å²) in [6.45, 7) is 0. The Bertz CT molecular complexity index is 471. The Morgan fingerprint density at radius 3 is 2.07 bits per heavy atom. The molecule has 0 aliphatic heterocycles. The molecule has 0 atom stereocenters. The minimum atomic E-state index is -0.226. The van der Waals surface area contributed by atoms with Crippen LogP contribution in [0.5, 0.6) is 0 Å². The van der Waals surface area contributed by atoms with Crippen molar-refractivity contribution in [3.05, 3.63) is 58.3 Å². The van der Waals surface area contributed by atoms with E-state index in [1.807, 2.05) is 0 Å². The molecule has 15 heavy (non-hydrogen) atoms. The number of halogens is 2. The Hall–Kier alpha value is -1.25. The van der Waals surface area contributed by atoms with Crippen molar-refractivity contribution in [1.29, 1.82) is 0 Å². The summed E-state index contributed by atoms with van der Waals surface area (Å²) in [6, 6.07) is 8.52. The molecule has 0 fully saturated rings. The van der Waals surface area contributed by atoms with Gasteiger partial charge in [0.25, 0.3) is 5.91 Å². The molecule has 2 nitrogen and oxygen atoms in total. The van der Waals surface area contributed by atoms with Crippen LogP contribution in [0.2, 0.25) is 10.0 Å². The van der Waals surface area contributed by atoms with Gasteiger partial charge in [-0.05, 0) is 24.3 Å². The van der Waals surface area contributed by atoms with Crippen LogP contribution in [0, 0.1) is 0 Å². The normalized spacial score (nSPS) is 10.3. The highest BCUT2D eigenvalue weighted by molar-refractivity contribution is 6.39. The Morgan fingerprint density at radius 1 is 1.00 bits per heavy atom. The number of hydrogen-bond donors (Lipinski definition) is 0. The van der Waals surface area contributed by atoms with Gasteiger partial charge in [0.2, 0.25) is 0 Å². The van der Waals surface area contributed by atoms with Gasteiger partial charge in [0, 0.05) is 12.4 Å². The summed E-state index contributed by atoms with van der Waals surface area (Å²) in [7, 11) is 0. The molecule has 1 aromatic carbocycles. The van der Waals surface area contributed by atoms with Crippen LogP contribution in [0.15, 0.2) is 42.7 Å². The zero-order valence-corrected chi connectivity index (χ0v) is 9.16. The predicted octanol–water partition coefficient (Wildman–Crippen LogP) is 3.48. The lowest BCUT2D eigenvalue weighted by Gasteiger charge is -2.05. The van der Waals surface area contributed by atoms with Crippen molar-refractivity contribution in [2.45, 2.75) is 0 Å². The Morgan fingerprint density at radius 2 is 1.53 bits per heavy atom. The minimum absolute atomic E-state index is 0.226. The summed E-state index contributed by atoms with van der Waals surface area (Å²) >= 11 is 11.8. The van der Waals surface area contributed by atoms with Crippen LogP contribution in [0.3, 0.4) is 0 Å². The molecule has 0 unspecified atom stereocenters. The van der Waals surface area contributed by atoms with Gasteiger partial charge in [-0.15, -0.1) is 0 Å². The Labute approximate surface area is 97.0 Å². The fourth-order valence-electron chi connectivity index (χ4n) is 1.30. The van der Waals surface area contributed by atoms with Crippen LogP contribution in [-0.4, -0.2) is 10.5 Å². The van der Waals surface area contributed by atoms with E-state index in [1.165, 1.54) is 4.57 Å². The molecule has 2 rings (SSSR count). The smallest absolute Gasteiger partial charge is 0.264 e. The minimum Gasteiger partial charge on any atom is -0.291 e. The van der Waals surface area contributed by atoms with Gasteiger partial charge in [0.1, 0.15) is 0 Å². The molecule has 0 spiro atoms. The van der Waals surface area contributed by atoms with Crippen LogP contribution in [0.4, 0.5) is 0 Å². The monoisotopic (exact) mass is 239 g/mol. The second-order valence-electron chi connectivity index (χ2n) is 2.99. The van der Waals surface area contributed by atoms with Crippen molar-refractivity contribution in [3.63, 3.8) is 0 Å². The average Bonchev–Trinajstić information content (AvgIpc) is 2.69. The van der Waals surface area contributed by atoms with Crippen LogP contribution in [0.1, 0.15) is 10.4 Å². The van der Waals surface area contributed by atoms with E-state index in [-0.39, 0.29) is 5.91 Å². The number of carbonyl (C=O) groups excluding carboxylic acids is 1. The average molecular weight is 240 g/mol. The highest BCUT2D eigenvalue weighted by atomic mass is 35.5. The summed E-state index contributed by atoms with van der Waals surface area (Å²) < 4.78 is 1.44. The fraction of sp³-hybridized carbons (Fsp3) is 0. The van der Waals surface area contributed by atoms with E-state index in [1.54, 1.807) is 42.7 Å². The first-order chi connectivity index (χ1) is 7.20. The molecule has 0 amide bonds. The Balaban J connectivity index is 2.51. The summed E-state index contributed by atoms with van der Waals surface area (Å²) in [5, 5.41) is 0.724. The summed E-state index contributed by atoms with van der Waals surface area (Å²) in [5.41, 5.74) is 0.331. The van der Waals surface area contributed by atoms with Crippen molar-refractivity contribution in [2.75, 3.05) is 0 Å². The molecule has 0 saturated carbocycles. The van der Waals surface area contributed by atoms with Gasteiger partial charge in [0.15, 0.2) is 0 Å². The number of rotatable bonds is 1. The van der Waals surface area contributed by atoms with E-state index < -0.39 is 0 Å². The fourth-order valence-corrected chi connectivity index (χ4v) is 1.86. The first-order valence-corrected chi connectivity index (χ1v) is 5.07. The maximum atomic E-state index is 11.9. The molecule has 0 N–H and O–H groups in total. The van der Waals surface area contributed by atoms with Crippen molar-refractivity contribution in [3.8, 4) is 0 Å². The lowest BCUT2D eigenvalue weighted by atomic mass is 10.2. The highest BCUT2D eigenvalue weighted by Gasteiger charge is 2.15. The maximum Gasteiger partial charge on any atom is 0.264 e. The van der Waals surface area contributed by atoms with E-state index in [4.69, 9.17) is 23.2 Å². The predicted molar refractivity (Wildman–Crippen MR) is 60.6 cm³/mol. The maximum absolute atomic E-state index is 11.9. The lowest BCUT2D eigenvalue weighted by Crippen LogP contribution is -2.10. The third-order valence-corrected chi connectivity index (χ3v) is 2.65. The summed E-state index contributed by atoms with van der Waals surface area (Å²) in [4.78, 5) is 11.9. The molecule has 0 radical (unpaired) electrons. The topological polar surface area (TPSA) is 22.0 Å². The van der Waals surface area contributed by atoms with Crippen LogP contribution in [0.25, 0.3) is 0 Å². The quantitative estimate of drug-likeness (QED) is 0.747. The second kappa shape index (κ2) is 4.09. The molecule has 1 aromatic heterocycles. The summed E-state index contributed by atoms with van der Waals surface area (Å²) in [5.74, 6) is -0.226. The van der Waals surface area contributed by atoms with Gasteiger partial charge in [-0.1, -0.05) is 29.3 Å². The standard InChI is InChI=1S/C11H7Cl2NO/c12-8-4-3-5-9(13)10(8)11(15)14-6-1-2-7-14/h1-7H. The zero-order chi connectivity index (χ0) is 10.8. The van der Waals surface area contributed by atoms with Crippen LogP contribution >= 0.6 is 23.2 Å². The first-order valence-electron chi connectivity index (χ1n) is 4.32. The first kappa shape index (κ1) is 10.3. The third-order valence-electron chi connectivity index (χ3n) is 2.02. The molecule has 0 aliphatic rings. The molecule has 0 bridgehead atoms. The van der Waals surface area contributed by atoms with Gasteiger partial charge in [-0.25, -0.2) is 0 Å². The van der Waals surface area contributed by atoms with Gasteiger partial charge in [-0.2, -0.15) is 0 Å². The molecular weight excluding hydrogens is 233 g/mol. The van der Waals surface area contributed by atoms with Gasteiger partial charge >= 0.3 is 0 Å². The van der Waals surface area contributed by atoms with Gasteiger partial charge in [0.05, 0.1) is 15.6 Å². The van der Waals surface area contributed by atoms with Gasteiger partial charge in [-0.3, -0.25) is 9.36 Å². The second-order valence-corrected chi connectivity index (χ2v) is 3.81. The molecule has 0 aliphatic carbocycles. The van der Waals surface area contributed by atoms with Crippen LogP contribution in [-0.2, 0) is 0 Å². The molecule has 4 heteroatoms. The molecule has 0 saturated heterocycles.